The lowest BCUT2D eigenvalue weighted by Crippen LogP contribution is -2.53. The second-order valence-corrected chi connectivity index (χ2v) is 6.83. The number of sulfone groups is 1. The Morgan fingerprint density at radius 3 is 2.27 bits per heavy atom. The van der Waals surface area contributed by atoms with Gasteiger partial charge in [-0.1, -0.05) is 6.42 Å². The second kappa shape index (κ2) is 5.27. The van der Waals surface area contributed by atoms with Gasteiger partial charge < -0.3 is 0 Å². The second-order valence-electron chi connectivity index (χ2n) is 4.57. The molecule has 1 aliphatic rings. The summed E-state index contributed by atoms with van der Waals surface area (Å²) in [4.78, 5) is 0. The van der Waals surface area contributed by atoms with Crippen LogP contribution in [0.4, 0.5) is 0 Å². The zero-order valence-electron chi connectivity index (χ0n) is 9.86. The van der Waals surface area contributed by atoms with E-state index >= 15 is 0 Å². The van der Waals surface area contributed by atoms with Crippen molar-refractivity contribution in [1.29, 1.82) is 0 Å². The molecule has 0 saturated carbocycles. The highest BCUT2D eigenvalue weighted by atomic mass is 32.2. The summed E-state index contributed by atoms with van der Waals surface area (Å²) < 4.78 is 22.0. The molecule has 0 aliphatic carbocycles. The van der Waals surface area contributed by atoms with Crippen LogP contribution < -0.4 is 5.43 Å². The van der Waals surface area contributed by atoms with Crippen molar-refractivity contribution in [3.8, 4) is 0 Å². The number of piperidine rings is 1. The summed E-state index contributed by atoms with van der Waals surface area (Å²) in [6.45, 7) is 4.89. The molecule has 1 N–H and O–H groups in total. The quantitative estimate of drug-likeness (QED) is 0.781. The summed E-state index contributed by atoms with van der Waals surface area (Å²) >= 11 is 0. The van der Waals surface area contributed by atoms with E-state index in [9.17, 15) is 8.42 Å². The number of hydrazine groups is 1. The van der Waals surface area contributed by atoms with E-state index in [1.807, 2.05) is 0 Å². The number of hydrogen-bond donors (Lipinski definition) is 1. The average molecular weight is 234 g/mol. The Morgan fingerprint density at radius 2 is 1.80 bits per heavy atom. The normalized spacial score (nSPS) is 29.3. The fourth-order valence-electron chi connectivity index (χ4n) is 2.09. The Morgan fingerprint density at radius 1 is 1.27 bits per heavy atom. The van der Waals surface area contributed by atoms with Gasteiger partial charge in [0, 0.05) is 24.9 Å². The van der Waals surface area contributed by atoms with E-state index in [0.29, 0.717) is 18.6 Å². The van der Waals surface area contributed by atoms with Crippen molar-refractivity contribution in [1.82, 2.24) is 10.4 Å². The topological polar surface area (TPSA) is 49.4 Å². The summed E-state index contributed by atoms with van der Waals surface area (Å²) in [6, 6.07) is 1.02. The van der Waals surface area contributed by atoms with E-state index in [1.54, 1.807) is 0 Å². The SMILES string of the molecule is CC1CCCC(C)N1NCCS(C)(=O)=O. The van der Waals surface area contributed by atoms with Gasteiger partial charge in [-0.25, -0.2) is 13.4 Å². The van der Waals surface area contributed by atoms with E-state index in [1.165, 1.54) is 25.5 Å². The lowest BCUT2D eigenvalue weighted by atomic mass is 10.00. The molecule has 1 fully saturated rings. The molecule has 0 aromatic rings. The fourth-order valence-corrected chi connectivity index (χ4v) is 2.56. The van der Waals surface area contributed by atoms with Crippen LogP contribution in [0.25, 0.3) is 0 Å². The standard InChI is InChI=1S/C10H22N2O2S/c1-9-5-4-6-10(2)12(9)11-7-8-15(3,13)14/h9-11H,4-8H2,1-3H3. The minimum atomic E-state index is -2.85. The molecule has 1 rings (SSSR count). The van der Waals surface area contributed by atoms with E-state index < -0.39 is 9.84 Å². The van der Waals surface area contributed by atoms with Crippen molar-refractivity contribution in [2.45, 2.75) is 45.2 Å². The van der Waals surface area contributed by atoms with Crippen molar-refractivity contribution in [2.24, 2.45) is 0 Å². The van der Waals surface area contributed by atoms with Gasteiger partial charge in [0.15, 0.2) is 0 Å². The summed E-state index contributed by atoms with van der Waals surface area (Å²) in [5.74, 6) is 0.211. The van der Waals surface area contributed by atoms with E-state index in [2.05, 4.69) is 24.3 Å². The maximum atomic E-state index is 11.0. The van der Waals surface area contributed by atoms with Gasteiger partial charge in [-0.2, -0.15) is 0 Å². The van der Waals surface area contributed by atoms with Gasteiger partial charge >= 0.3 is 0 Å². The molecule has 1 saturated heterocycles. The molecule has 0 bridgehead atoms. The van der Waals surface area contributed by atoms with Crippen molar-refractivity contribution >= 4 is 9.84 Å². The van der Waals surface area contributed by atoms with Crippen molar-refractivity contribution in [2.75, 3.05) is 18.6 Å². The highest BCUT2D eigenvalue weighted by Gasteiger charge is 2.24. The zero-order chi connectivity index (χ0) is 11.5. The van der Waals surface area contributed by atoms with Gasteiger partial charge in [-0.15, -0.1) is 0 Å². The van der Waals surface area contributed by atoms with Crippen LogP contribution in [0.1, 0.15) is 33.1 Å². The van der Waals surface area contributed by atoms with Crippen LogP contribution in [0.2, 0.25) is 0 Å². The molecule has 5 heteroatoms. The van der Waals surface area contributed by atoms with E-state index in [0.717, 1.165) is 0 Å². The Kier molecular flexibility index (Phi) is 4.55. The predicted molar refractivity (Wildman–Crippen MR) is 62.3 cm³/mol. The predicted octanol–water partition coefficient (Wildman–Crippen LogP) is 0.798. The van der Waals surface area contributed by atoms with E-state index in [4.69, 9.17) is 0 Å². The van der Waals surface area contributed by atoms with E-state index in [-0.39, 0.29) is 5.75 Å². The van der Waals surface area contributed by atoms with Crippen LogP contribution in [0, 0.1) is 0 Å². The fraction of sp³-hybridized carbons (Fsp3) is 1.00. The molecule has 2 atom stereocenters. The zero-order valence-corrected chi connectivity index (χ0v) is 10.7. The molecule has 0 aromatic carbocycles. The van der Waals surface area contributed by atoms with Gasteiger partial charge in [0.25, 0.3) is 0 Å². The molecular formula is C10H22N2O2S. The maximum Gasteiger partial charge on any atom is 0.148 e. The monoisotopic (exact) mass is 234 g/mol. The third-order valence-electron chi connectivity index (χ3n) is 2.96. The van der Waals surface area contributed by atoms with Gasteiger partial charge in [-0.05, 0) is 26.7 Å². The number of nitrogens with zero attached hydrogens (tertiary/aromatic N) is 1. The average Bonchev–Trinajstić information content (AvgIpc) is 2.08. The molecular weight excluding hydrogens is 212 g/mol. The van der Waals surface area contributed by atoms with Crippen molar-refractivity contribution in [3.05, 3.63) is 0 Å². The first-order chi connectivity index (χ1) is 6.90. The molecule has 0 aromatic heterocycles. The van der Waals surface area contributed by atoms with Crippen molar-refractivity contribution in [3.63, 3.8) is 0 Å². The Labute approximate surface area is 92.9 Å². The first-order valence-electron chi connectivity index (χ1n) is 5.60. The first kappa shape index (κ1) is 12.9. The Bertz CT molecular complexity index is 280. The summed E-state index contributed by atoms with van der Waals surface area (Å²) in [5.41, 5.74) is 3.23. The van der Waals surface area contributed by atoms with Crippen LogP contribution in [-0.4, -0.2) is 44.1 Å². The third-order valence-corrected chi connectivity index (χ3v) is 3.91. The van der Waals surface area contributed by atoms with Crippen LogP contribution in [0.5, 0.6) is 0 Å². The maximum absolute atomic E-state index is 11.0. The van der Waals surface area contributed by atoms with Crippen LogP contribution in [-0.2, 0) is 9.84 Å². The summed E-state index contributed by atoms with van der Waals surface area (Å²) in [5, 5.41) is 2.20. The molecule has 0 amide bonds. The molecule has 90 valence electrons. The van der Waals surface area contributed by atoms with Crippen LogP contribution in [0.15, 0.2) is 0 Å². The minimum absolute atomic E-state index is 0.211. The molecule has 4 nitrogen and oxygen atoms in total. The molecule has 0 spiro atoms. The van der Waals surface area contributed by atoms with Gasteiger partial charge in [0.1, 0.15) is 9.84 Å². The summed E-state index contributed by atoms with van der Waals surface area (Å²) in [6.07, 6.45) is 4.93. The lowest BCUT2D eigenvalue weighted by Gasteiger charge is -2.39. The molecule has 2 unspecified atom stereocenters. The molecule has 1 heterocycles. The van der Waals surface area contributed by atoms with Crippen LogP contribution >= 0.6 is 0 Å². The molecule has 1 aliphatic heterocycles. The van der Waals surface area contributed by atoms with Crippen molar-refractivity contribution < 1.29 is 8.42 Å². The van der Waals surface area contributed by atoms with Gasteiger partial charge in [0.2, 0.25) is 0 Å². The van der Waals surface area contributed by atoms with Crippen LogP contribution in [0.3, 0.4) is 0 Å². The summed E-state index contributed by atoms with van der Waals surface area (Å²) in [7, 11) is -2.85. The minimum Gasteiger partial charge on any atom is -0.254 e. The Balaban J connectivity index is 2.36. The third kappa shape index (κ3) is 4.49. The number of hydrogen-bond acceptors (Lipinski definition) is 4. The number of rotatable bonds is 4. The molecule has 15 heavy (non-hydrogen) atoms. The highest BCUT2D eigenvalue weighted by Crippen LogP contribution is 2.19. The lowest BCUT2D eigenvalue weighted by molar-refractivity contribution is 0.0491. The van der Waals surface area contributed by atoms with Gasteiger partial charge in [0.05, 0.1) is 5.75 Å². The Hall–Kier alpha value is -0.130. The number of nitrogens with one attached hydrogen (secondary N) is 1. The van der Waals surface area contributed by atoms with Gasteiger partial charge in [-0.3, -0.25) is 5.43 Å². The first-order valence-corrected chi connectivity index (χ1v) is 7.66. The highest BCUT2D eigenvalue weighted by molar-refractivity contribution is 7.90. The smallest absolute Gasteiger partial charge is 0.148 e. The molecule has 0 radical (unpaired) electrons. The largest absolute Gasteiger partial charge is 0.254 e.